The van der Waals surface area contributed by atoms with E-state index in [-0.39, 0.29) is 12.8 Å². The Bertz CT molecular complexity index is 418. The third-order valence-corrected chi connectivity index (χ3v) is 3.79. The van der Waals surface area contributed by atoms with E-state index >= 15 is 0 Å². The molecule has 124 valence electrons. The van der Waals surface area contributed by atoms with E-state index in [1.165, 1.54) is 0 Å². The third kappa shape index (κ3) is 7.16. The number of hydrogen-bond acceptors (Lipinski definition) is 4. The van der Waals surface area contributed by atoms with E-state index in [0.29, 0.717) is 12.0 Å². The predicted molar refractivity (Wildman–Crippen MR) is 86.8 cm³/mol. The molecule has 0 amide bonds. The lowest BCUT2D eigenvalue weighted by molar-refractivity contribution is 0.0332. The number of carbonyl (C=O) groups is 1. The van der Waals surface area contributed by atoms with Crippen molar-refractivity contribution in [3.63, 3.8) is 0 Å². The van der Waals surface area contributed by atoms with Crippen molar-refractivity contribution in [1.82, 2.24) is 0 Å². The van der Waals surface area contributed by atoms with Crippen molar-refractivity contribution in [2.45, 2.75) is 70.2 Å². The van der Waals surface area contributed by atoms with E-state index in [2.05, 4.69) is 6.92 Å². The monoisotopic (exact) mass is 308 g/mol. The Kier molecular flexibility index (Phi) is 8.97. The molecule has 0 saturated carbocycles. The molecular formula is C18H28O4. The normalized spacial score (nSPS) is 15.3. The summed E-state index contributed by atoms with van der Waals surface area (Å²) in [4.78, 5) is 12.0. The maximum absolute atomic E-state index is 12.0. The number of benzene rings is 1. The first-order valence-electron chi connectivity index (χ1n) is 8.18. The molecule has 0 spiro atoms. The molecule has 0 saturated heterocycles. The molecule has 3 unspecified atom stereocenters. The maximum Gasteiger partial charge on any atom is 0.191 e. The zero-order chi connectivity index (χ0) is 16.4. The van der Waals surface area contributed by atoms with Crippen LogP contribution in [0.5, 0.6) is 0 Å². The zero-order valence-corrected chi connectivity index (χ0v) is 13.3. The van der Waals surface area contributed by atoms with Gasteiger partial charge in [-0.2, -0.15) is 0 Å². The van der Waals surface area contributed by atoms with Crippen LogP contribution >= 0.6 is 0 Å². The number of hydrogen-bond donors (Lipinski definition) is 3. The van der Waals surface area contributed by atoms with Crippen LogP contribution in [-0.4, -0.2) is 39.4 Å². The molecular weight excluding hydrogens is 280 g/mol. The Hall–Kier alpha value is -1.23. The quantitative estimate of drug-likeness (QED) is 0.434. The number of ketones is 1. The Morgan fingerprint density at radius 1 is 0.955 bits per heavy atom. The summed E-state index contributed by atoms with van der Waals surface area (Å²) in [6.45, 7) is 2.13. The van der Waals surface area contributed by atoms with Crippen molar-refractivity contribution in [2.75, 3.05) is 0 Å². The van der Waals surface area contributed by atoms with Gasteiger partial charge in [0.2, 0.25) is 0 Å². The summed E-state index contributed by atoms with van der Waals surface area (Å²) in [5.74, 6) is -0.392. The molecule has 0 aliphatic rings. The predicted octanol–water partition coefficient (Wildman–Crippen LogP) is 2.70. The van der Waals surface area contributed by atoms with Gasteiger partial charge in [0.25, 0.3) is 0 Å². The highest BCUT2D eigenvalue weighted by Crippen LogP contribution is 2.14. The Morgan fingerprint density at radius 3 is 2.27 bits per heavy atom. The number of Topliss-reactive ketones (excluding diaryl/α,β-unsaturated/α-hetero) is 1. The smallest absolute Gasteiger partial charge is 0.191 e. The van der Waals surface area contributed by atoms with Gasteiger partial charge in [0, 0.05) is 12.0 Å². The third-order valence-electron chi connectivity index (χ3n) is 3.79. The van der Waals surface area contributed by atoms with Crippen LogP contribution < -0.4 is 0 Å². The average Bonchev–Trinajstić information content (AvgIpc) is 2.51. The Morgan fingerprint density at radius 2 is 1.64 bits per heavy atom. The molecule has 0 fully saturated rings. The highest BCUT2D eigenvalue weighted by Gasteiger charge is 2.22. The molecule has 22 heavy (non-hydrogen) atoms. The van der Waals surface area contributed by atoms with Crippen LogP contribution in [0.4, 0.5) is 0 Å². The van der Waals surface area contributed by atoms with Crippen molar-refractivity contribution < 1.29 is 20.1 Å². The van der Waals surface area contributed by atoms with Gasteiger partial charge in [0.1, 0.15) is 6.10 Å². The van der Waals surface area contributed by atoms with Crippen LogP contribution in [0.2, 0.25) is 0 Å². The first-order chi connectivity index (χ1) is 10.5. The molecule has 0 aliphatic carbocycles. The maximum atomic E-state index is 12.0. The molecule has 3 atom stereocenters. The molecule has 0 bridgehead atoms. The largest absolute Gasteiger partial charge is 0.393 e. The zero-order valence-electron chi connectivity index (χ0n) is 13.3. The summed E-state index contributed by atoms with van der Waals surface area (Å²) in [5.41, 5.74) is 0.433. The van der Waals surface area contributed by atoms with Crippen LogP contribution in [0.25, 0.3) is 0 Å². The molecule has 4 nitrogen and oxygen atoms in total. The number of aliphatic hydroxyl groups is 3. The summed E-state index contributed by atoms with van der Waals surface area (Å²) in [6.07, 6.45) is 2.45. The molecule has 0 aromatic heterocycles. The van der Waals surface area contributed by atoms with Gasteiger partial charge in [-0.3, -0.25) is 4.79 Å². The summed E-state index contributed by atoms with van der Waals surface area (Å²) in [6, 6.07) is 8.54. The molecule has 4 heteroatoms. The fraction of sp³-hybridized carbons (Fsp3) is 0.611. The van der Waals surface area contributed by atoms with E-state index in [1.54, 1.807) is 30.3 Å². The van der Waals surface area contributed by atoms with E-state index in [1.807, 2.05) is 0 Å². The number of rotatable bonds is 11. The Balaban J connectivity index is 2.31. The van der Waals surface area contributed by atoms with Crippen molar-refractivity contribution in [2.24, 2.45) is 0 Å². The van der Waals surface area contributed by atoms with Crippen molar-refractivity contribution in [1.29, 1.82) is 0 Å². The van der Waals surface area contributed by atoms with Crippen LogP contribution in [0.3, 0.4) is 0 Å². The molecule has 3 N–H and O–H groups in total. The minimum atomic E-state index is -1.23. The molecule has 0 aliphatic heterocycles. The van der Waals surface area contributed by atoms with Crippen molar-refractivity contribution >= 4 is 5.78 Å². The standard InChI is InChI=1S/C18H28O4/c1-2-3-4-8-11-15(19)12-16(20)13-17(21)18(22)14-9-6-5-7-10-14/h5-7,9-10,15-17,19-21H,2-4,8,11-13H2,1H3. The van der Waals surface area contributed by atoms with Crippen LogP contribution in [0.15, 0.2) is 30.3 Å². The second-order valence-corrected chi connectivity index (χ2v) is 5.87. The van der Waals surface area contributed by atoms with E-state index < -0.39 is 24.1 Å². The van der Waals surface area contributed by atoms with Gasteiger partial charge in [0.15, 0.2) is 5.78 Å². The first kappa shape index (κ1) is 18.8. The highest BCUT2D eigenvalue weighted by atomic mass is 16.3. The minimum absolute atomic E-state index is 0.0419. The number of aliphatic hydroxyl groups excluding tert-OH is 3. The highest BCUT2D eigenvalue weighted by molar-refractivity contribution is 5.99. The van der Waals surface area contributed by atoms with Gasteiger partial charge >= 0.3 is 0 Å². The van der Waals surface area contributed by atoms with Gasteiger partial charge in [-0.1, -0.05) is 62.9 Å². The van der Waals surface area contributed by atoms with Crippen LogP contribution in [0.1, 0.15) is 62.2 Å². The fourth-order valence-electron chi connectivity index (χ4n) is 2.49. The minimum Gasteiger partial charge on any atom is -0.393 e. The SMILES string of the molecule is CCCCCCC(O)CC(O)CC(O)C(=O)c1ccccc1. The molecule has 1 aromatic rings. The molecule has 0 heterocycles. The van der Waals surface area contributed by atoms with Gasteiger partial charge < -0.3 is 15.3 Å². The van der Waals surface area contributed by atoms with Gasteiger partial charge in [-0.05, 0) is 12.8 Å². The van der Waals surface area contributed by atoms with Gasteiger partial charge in [-0.15, -0.1) is 0 Å². The lowest BCUT2D eigenvalue weighted by Crippen LogP contribution is -2.28. The summed E-state index contributed by atoms with van der Waals surface area (Å²) < 4.78 is 0. The average molecular weight is 308 g/mol. The topological polar surface area (TPSA) is 77.8 Å². The summed E-state index contributed by atoms with van der Waals surface area (Å²) in [7, 11) is 0. The summed E-state index contributed by atoms with van der Waals surface area (Å²) >= 11 is 0. The van der Waals surface area contributed by atoms with Crippen LogP contribution in [-0.2, 0) is 0 Å². The fourth-order valence-corrected chi connectivity index (χ4v) is 2.49. The molecule has 1 aromatic carbocycles. The summed E-state index contributed by atoms with van der Waals surface area (Å²) in [5, 5.41) is 29.7. The number of carbonyl (C=O) groups excluding carboxylic acids is 1. The van der Waals surface area contributed by atoms with Crippen LogP contribution in [0, 0.1) is 0 Å². The van der Waals surface area contributed by atoms with Crippen molar-refractivity contribution in [3.8, 4) is 0 Å². The van der Waals surface area contributed by atoms with Crippen molar-refractivity contribution in [3.05, 3.63) is 35.9 Å². The van der Waals surface area contributed by atoms with E-state index in [9.17, 15) is 20.1 Å². The lowest BCUT2D eigenvalue weighted by Gasteiger charge is -2.18. The second kappa shape index (κ2) is 10.5. The van der Waals surface area contributed by atoms with E-state index in [4.69, 9.17) is 0 Å². The second-order valence-electron chi connectivity index (χ2n) is 5.87. The lowest BCUT2D eigenvalue weighted by atomic mass is 9.97. The first-order valence-corrected chi connectivity index (χ1v) is 8.18. The molecule has 0 radical (unpaired) electrons. The Labute approximate surface area is 132 Å². The molecule has 1 rings (SSSR count). The van der Waals surface area contributed by atoms with Gasteiger partial charge in [-0.25, -0.2) is 0 Å². The number of unbranched alkanes of at least 4 members (excludes halogenated alkanes) is 3. The van der Waals surface area contributed by atoms with Gasteiger partial charge in [0.05, 0.1) is 12.2 Å². The van der Waals surface area contributed by atoms with E-state index in [0.717, 1.165) is 25.7 Å².